The van der Waals surface area contributed by atoms with Gasteiger partial charge in [-0.1, -0.05) is 24.3 Å². The minimum Gasteiger partial charge on any atom is -0.459 e. The van der Waals surface area contributed by atoms with Crippen LogP contribution in [-0.4, -0.2) is 67.5 Å². The van der Waals surface area contributed by atoms with E-state index in [1.54, 1.807) is 12.1 Å². The maximum Gasteiger partial charge on any atom is 0.289 e. The summed E-state index contributed by atoms with van der Waals surface area (Å²) in [6.07, 6.45) is 5.93. The lowest BCUT2D eigenvalue weighted by Crippen LogP contribution is -2.53. The van der Waals surface area contributed by atoms with Gasteiger partial charge in [0.25, 0.3) is 5.91 Å². The number of benzene rings is 1. The number of guanidine groups is 1. The molecule has 1 N–H and O–H groups in total. The Morgan fingerprint density at radius 2 is 1.83 bits per heavy atom. The second-order valence-electron chi connectivity index (χ2n) is 7.47. The molecule has 0 spiro atoms. The molecule has 0 radical (unpaired) electrons. The lowest BCUT2D eigenvalue weighted by atomic mass is 10.2. The molecule has 1 saturated heterocycles. The Bertz CT molecular complexity index is 890. The average molecular weight is 408 g/mol. The SMILES string of the molecule is CCNC(=NCc1cccc(N2CC=CC2)c1)N1CCN(C(=O)c2ccco2)CC1. The molecular formula is C23H29N5O2. The van der Waals surface area contributed by atoms with Crippen LogP contribution in [0.4, 0.5) is 5.69 Å². The molecule has 2 aliphatic heterocycles. The van der Waals surface area contributed by atoms with Gasteiger partial charge in [0.1, 0.15) is 0 Å². The number of rotatable bonds is 5. The minimum atomic E-state index is -0.0465. The fourth-order valence-electron chi connectivity index (χ4n) is 3.81. The molecule has 1 aromatic heterocycles. The second kappa shape index (κ2) is 9.52. The Morgan fingerprint density at radius 1 is 1.07 bits per heavy atom. The van der Waals surface area contributed by atoms with Gasteiger partial charge in [0.2, 0.25) is 0 Å². The maximum absolute atomic E-state index is 12.5. The van der Waals surface area contributed by atoms with Gasteiger partial charge in [-0.3, -0.25) is 4.79 Å². The van der Waals surface area contributed by atoms with E-state index in [4.69, 9.17) is 9.41 Å². The van der Waals surface area contributed by atoms with E-state index in [1.165, 1.54) is 17.5 Å². The predicted molar refractivity (Wildman–Crippen MR) is 119 cm³/mol. The van der Waals surface area contributed by atoms with Crippen molar-refractivity contribution in [1.82, 2.24) is 15.1 Å². The number of furan rings is 1. The largest absolute Gasteiger partial charge is 0.459 e. The van der Waals surface area contributed by atoms with Crippen LogP contribution in [0.2, 0.25) is 0 Å². The van der Waals surface area contributed by atoms with Crippen molar-refractivity contribution in [2.45, 2.75) is 13.5 Å². The molecule has 0 saturated carbocycles. The van der Waals surface area contributed by atoms with E-state index >= 15 is 0 Å². The zero-order valence-electron chi connectivity index (χ0n) is 17.5. The van der Waals surface area contributed by atoms with Crippen LogP contribution >= 0.6 is 0 Å². The van der Waals surface area contributed by atoms with Crippen molar-refractivity contribution in [3.8, 4) is 0 Å². The van der Waals surface area contributed by atoms with Crippen molar-refractivity contribution in [3.05, 3.63) is 66.1 Å². The topological polar surface area (TPSA) is 64.3 Å². The molecule has 158 valence electrons. The van der Waals surface area contributed by atoms with E-state index < -0.39 is 0 Å². The van der Waals surface area contributed by atoms with Crippen LogP contribution in [0.1, 0.15) is 23.0 Å². The standard InChI is InChI=1S/C23H29N5O2/c1-2-24-23(25-18-19-7-5-8-20(17-19)26-10-3-4-11-26)28-14-12-27(13-15-28)22(29)21-9-6-16-30-21/h3-9,16-17H,2,10-15,18H2,1H3,(H,24,25). The first-order valence-electron chi connectivity index (χ1n) is 10.6. The third-order valence-corrected chi connectivity index (χ3v) is 5.44. The summed E-state index contributed by atoms with van der Waals surface area (Å²) in [4.78, 5) is 23.8. The van der Waals surface area contributed by atoms with Crippen molar-refractivity contribution in [2.24, 2.45) is 4.99 Å². The smallest absolute Gasteiger partial charge is 0.289 e. The maximum atomic E-state index is 12.5. The Labute approximate surface area is 177 Å². The zero-order chi connectivity index (χ0) is 20.8. The number of nitrogens with one attached hydrogen (secondary N) is 1. The molecule has 7 nitrogen and oxygen atoms in total. The zero-order valence-corrected chi connectivity index (χ0v) is 17.5. The molecule has 4 rings (SSSR count). The van der Waals surface area contributed by atoms with Crippen LogP contribution in [0.15, 0.2) is 64.2 Å². The number of piperazine rings is 1. The van der Waals surface area contributed by atoms with Crippen molar-refractivity contribution >= 4 is 17.6 Å². The van der Waals surface area contributed by atoms with Crippen LogP contribution in [0.5, 0.6) is 0 Å². The summed E-state index contributed by atoms with van der Waals surface area (Å²) in [5.41, 5.74) is 2.43. The number of hydrogen-bond acceptors (Lipinski definition) is 4. The lowest BCUT2D eigenvalue weighted by Gasteiger charge is -2.36. The molecule has 1 amide bonds. The monoisotopic (exact) mass is 407 g/mol. The van der Waals surface area contributed by atoms with Crippen LogP contribution < -0.4 is 10.2 Å². The van der Waals surface area contributed by atoms with Crippen LogP contribution in [0, 0.1) is 0 Å². The minimum absolute atomic E-state index is 0.0465. The third-order valence-electron chi connectivity index (χ3n) is 5.44. The summed E-state index contributed by atoms with van der Waals surface area (Å²) in [5, 5.41) is 3.40. The Kier molecular flexibility index (Phi) is 6.37. The predicted octanol–water partition coefficient (Wildman–Crippen LogP) is 2.58. The number of nitrogens with zero attached hydrogens (tertiary/aromatic N) is 4. The van der Waals surface area contributed by atoms with Crippen molar-refractivity contribution < 1.29 is 9.21 Å². The molecule has 30 heavy (non-hydrogen) atoms. The van der Waals surface area contributed by atoms with Crippen molar-refractivity contribution in [2.75, 3.05) is 50.7 Å². The van der Waals surface area contributed by atoms with Gasteiger partial charge < -0.3 is 24.4 Å². The number of hydrogen-bond donors (Lipinski definition) is 1. The van der Waals surface area contributed by atoms with Gasteiger partial charge in [-0.25, -0.2) is 4.99 Å². The highest BCUT2D eigenvalue weighted by molar-refractivity contribution is 5.91. The highest BCUT2D eigenvalue weighted by Crippen LogP contribution is 2.19. The summed E-state index contributed by atoms with van der Waals surface area (Å²) < 4.78 is 5.25. The molecule has 3 heterocycles. The summed E-state index contributed by atoms with van der Waals surface area (Å²) in [5.74, 6) is 1.25. The van der Waals surface area contributed by atoms with Gasteiger partial charge >= 0.3 is 0 Å². The molecule has 2 aromatic rings. The molecule has 0 atom stereocenters. The number of amides is 1. The quantitative estimate of drug-likeness (QED) is 0.469. The van der Waals surface area contributed by atoms with E-state index in [0.29, 0.717) is 25.4 Å². The Balaban J connectivity index is 1.37. The highest BCUT2D eigenvalue weighted by Gasteiger charge is 2.25. The molecular weight excluding hydrogens is 378 g/mol. The van der Waals surface area contributed by atoms with E-state index in [-0.39, 0.29) is 5.91 Å². The van der Waals surface area contributed by atoms with E-state index in [0.717, 1.165) is 38.7 Å². The summed E-state index contributed by atoms with van der Waals surface area (Å²) in [6, 6.07) is 12.1. The van der Waals surface area contributed by atoms with E-state index in [2.05, 4.69) is 58.5 Å². The Morgan fingerprint density at radius 3 is 2.53 bits per heavy atom. The van der Waals surface area contributed by atoms with Crippen molar-refractivity contribution in [3.63, 3.8) is 0 Å². The van der Waals surface area contributed by atoms with Gasteiger partial charge in [0.05, 0.1) is 12.8 Å². The molecule has 7 heteroatoms. The van der Waals surface area contributed by atoms with E-state index in [1.807, 2.05) is 4.90 Å². The Hall–Kier alpha value is -3.22. The normalized spacial score (nSPS) is 17.0. The first kappa shape index (κ1) is 20.1. The van der Waals surface area contributed by atoms with Gasteiger partial charge in [-0.2, -0.15) is 0 Å². The van der Waals surface area contributed by atoms with Gasteiger partial charge in [-0.15, -0.1) is 0 Å². The van der Waals surface area contributed by atoms with Crippen molar-refractivity contribution in [1.29, 1.82) is 0 Å². The van der Waals surface area contributed by atoms with Gasteiger partial charge in [0.15, 0.2) is 11.7 Å². The molecule has 1 aromatic carbocycles. The fourth-order valence-corrected chi connectivity index (χ4v) is 3.81. The second-order valence-corrected chi connectivity index (χ2v) is 7.47. The van der Waals surface area contributed by atoms with Crippen LogP contribution in [0.3, 0.4) is 0 Å². The fraction of sp³-hybridized carbons (Fsp3) is 0.391. The van der Waals surface area contributed by atoms with Gasteiger partial charge in [0, 0.05) is 51.5 Å². The van der Waals surface area contributed by atoms with Crippen LogP contribution in [-0.2, 0) is 6.54 Å². The summed E-state index contributed by atoms with van der Waals surface area (Å²) in [7, 11) is 0. The van der Waals surface area contributed by atoms with E-state index in [9.17, 15) is 4.79 Å². The number of anilines is 1. The first-order chi connectivity index (χ1) is 14.7. The number of aliphatic imine (C=N–C) groups is 1. The average Bonchev–Trinajstić information content (AvgIpc) is 3.51. The molecule has 2 aliphatic rings. The first-order valence-corrected chi connectivity index (χ1v) is 10.6. The highest BCUT2D eigenvalue weighted by atomic mass is 16.3. The van der Waals surface area contributed by atoms with Crippen LogP contribution in [0.25, 0.3) is 0 Å². The molecule has 1 fully saturated rings. The van der Waals surface area contributed by atoms with Gasteiger partial charge in [-0.05, 0) is 36.8 Å². The third kappa shape index (κ3) is 4.67. The number of carbonyl (C=O) groups excluding carboxylic acids is 1. The lowest BCUT2D eigenvalue weighted by molar-refractivity contribution is 0.0657. The molecule has 0 bridgehead atoms. The summed E-state index contributed by atoms with van der Waals surface area (Å²) in [6.45, 7) is 8.26. The molecule has 0 unspecified atom stereocenters. The molecule has 0 aliphatic carbocycles. The summed E-state index contributed by atoms with van der Waals surface area (Å²) >= 11 is 0. The number of carbonyl (C=O) groups is 1.